The molecule has 1 atom stereocenters. The van der Waals surface area contributed by atoms with Crippen LogP contribution in [0.1, 0.15) is 31.7 Å². The van der Waals surface area contributed by atoms with Gasteiger partial charge in [0, 0.05) is 19.1 Å². The summed E-state index contributed by atoms with van der Waals surface area (Å²) in [4.78, 5) is 2.60. The topological polar surface area (TPSA) is 24.5 Å². The predicted octanol–water partition coefficient (Wildman–Crippen LogP) is 3.42. The molecule has 2 rings (SSSR count). The summed E-state index contributed by atoms with van der Waals surface area (Å²) >= 11 is 3.53. The van der Waals surface area contributed by atoms with Crippen molar-refractivity contribution in [2.24, 2.45) is 0 Å². The molecule has 1 heterocycles. The number of benzene rings is 1. The van der Waals surface area contributed by atoms with Gasteiger partial charge < -0.3 is 10.1 Å². The average molecular weight is 341 g/mol. The number of ether oxygens (including phenoxy) is 1. The first-order chi connectivity index (χ1) is 9.70. The van der Waals surface area contributed by atoms with Gasteiger partial charge in [0.15, 0.2) is 0 Å². The molecule has 20 heavy (non-hydrogen) atoms. The number of hydrogen-bond acceptors (Lipinski definition) is 3. The first kappa shape index (κ1) is 15.8. The minimum atomic E-state index is 0.622. The Morgan fingerprint density at radius 2 is 2.05 bits per heavy atom. The highest BCUT2D eigenvalue weighted by molar-refractivity contribution is 9.10. The van der Waals surface area contributed by atoms with Gasteiger partial charge in [0.25, 0.3) is 0 Å². The highest BCUT2D eigenvalue weighted by Crippen LogP contribution is 2.25. The van der Waals surface area contributed by atoms with Gasteiger partial charge >= 0.3 is 0 Å². The molecule has 1 aromatic rings. The zero-order valence-electron chi connectivity index (χ0n) is 12.5. The van der Waals surface area contributed by atoms with E-state index in [1.54, 1.807) is 7.11 Å². The third-order valence-corrected chi connectivity index (χ3v) is 4.62. The van der Waals surface area contributed by atoms with Crippen molar-refractivity contribution in [1.29, 1.82) is 0 Å². The Hall–Kier alpha value is -0.580. The summed E-state index contributed by atoms with van der Waals surface area (Å²) < 4.78 is 6.27. The lowest BCUT2D eigenvalue weighted by molar-refractivity contribution is 0.170. The summed E-state index contributed by atoms with van der Waals surface area (Å²) in [5, 5.41) is 3.56. The van der Waals surface area contributed by atoms with E-state index in [-0.39, 0.29) is 0 Å². The molecule has 1 N–H and O–H groups in total. The Morgan fingerprint density at radius 1 is 1.30 bits per heavy atom. The Bertz CT molecular complexity index is 419. The molecule has 0 aliphatic carbocycles. The number of rotatable bonds is 6. The maximum atomic E-state index is 5.25. The number of likely N-dealkylation sites (tertiary alicyclic amines) is 1. The lowest BCUT2D eigenvalue weighted by Gasteiger charge is -2.32. The molecule has 4 heteroatoms. The Morgan fingerprint density at radius 3 is 2.70 bits per heavy atom. The van der Waals surface area contributed by atoms with Crippen molar-refractivity contribution in [1.82, 2.24) is 10.2 Å². The van der Waals surface area contributed by atoms with E-state index < -0.39 is 0 Å². The summed E-state index contributed by atoms with van der Waals surface area (Å²) in [6.45, 7) is 6.79. The minimum Gasteiger partial charge on any atom is -0.496 e. The first-order valence-corrected chi connectivity index (χ1v) is 8.27. The van der Waals surface area contributed by atoms with Gasteiger partial charge in [-0.15, -0.1) is 0 Å². The van der Waals surface area contributed by atoms with Crippen molar-refractivity contribution >= 4 is 15.9 Å². The maximum absolute atomic E-state index is 5.25. The number of nitrogens with zero attached hydrogens (tertiary/aromatic N) is 1. The van der Waals surface area contributed by atoms with Gasteiger partial charge in [0.2, 0.25) is 0 Å². The van der Waals surface area contributed by atoms with E-state index in [4.69, 9.17) is 4.74 Å². The normalized spacial score (nSPS) is 17.9. The highest BCUT2D eigenvalue weighted by atomic mass is 79.9. The second-order valence-corrected chi connectivity index (χ2v) is 6.40. The summed E-state index contributed by atoms with van der Waals surface area (Å²) in [5.74, 6) is 0.885. The second-order valence-electron chi connectivity index (χ2n) is 5.55. The minimum absolute atomic E-state index is 0.622. The van der Waals surface area contributed by atoms with Crippen molar-refractivity contribution in [2.75, 3.05) is 26.7 Å². The van der Waals surface area contributed by atoms with Gasteiger partial charge in [0.05, 0.1) is 11.6 Å². The van der Waals surface area contributed by atoms with Crippen LogP contribution in [0.2, 0.25) is 0 Å². The molecular weight excluding hydrogens is 316 g/mol. The van der Waals surface area contributed by atoms with Crippen LogP contribution in [0.15, 0.2) is 22.7 Å². The third kappa shape index (κ3) is 4.47. The fraction of sp³-hybridized carbons (Fsp3) is 0.625. The number of methoxy groups -OCH3 is 1. The lowest BCUT2D eigenvalue weighted by atomic mass is 10.1. The lowest BCUT2D eigenvalue weighted by Crippen LogP contribution is -2.42. The molecule has 1 aliphatic heterocycles. The van der Waals surface area contributed by atoms with Gasteiger partial charge in [0.1, 0.15) is 5.75 Å². The molecule has 112 valence electrons. The van der Waals surface area contributed by atoms with E-state index in [0.717, 1.165) is 23.3 Å². The molecule has 1 unspecified atom stereocenters. The van der Waals surface area contributed by atoms with Crippen LogP contribution >= 0.6 is 15.9 Å². The van der Waals surface area contributed by atoms with Crippen LogP contribution in [-0.2, 0) is 6.54 Å². The van der Waals surface area contributed by atoms with Crippen molar-refractivity contribution in [2.45, 2.75) is 38.8 Å². The van der Waals surface area contributed by atoms with E-state index in [1.165, 1.54) is 37.9 Å². The van der Waals surface area contributed by atoms with Gasteiger partial charge in [-0.2, -0.15) is 0 Å². The summed E-state index contributed by atoms with van der Waals surface area (Å²) in [6, 6.07) is 6.87. The molecule has 0 amide bonds. The average Bonchev–Trinajstić information content (AvgIpc) is 2.48. The van der Waals surface area contributed by atoms with E-state index in [0.29, 0.717) is 6.04 Å². The first-order valence-electron chi connectivity index (χ1n) is 7.48. The van der Waals surface area contributed by atoms with Gasteiger partial charge in [-0.1, -0.05) is 12.5 Å². The highest BCUT2D eigenvalue weighted by Gasteiger charge is 2.15. The van der Waals surface area contributed by atoms with Crippen molar-refractivity contribution < 1.29 is 4.74 Å². The van der Waals surface area contributed by atoms with Crippen LogP contribution < -0.4 is 10.1 Å². The van der Waals surface area contributed by atoms with E-state index >= 15 is 0 Å². The molecular formula is C16H25BrN2O. The van der Waals surface area contributed by atoms with Gasteiger partial charge in [-0.3, -0.25) is 4.90 Å². The van der Waals surface area contributed by atoms with Crippen molar-refractivity contribution in [3.05, 3.63) is 28.2 Å². The van der Waals surface area contributed by atoms with Crippen LogP contribution in [-0.4, -0.2) is 37.7 Å². The number of halogens is 1. The van der Waals surface area contributed by atoms with Crippen molar-refractivity contribution in [3.8, 4) is 5.75 Å². The number of piperidine rings is 1. The van der Waals surface area contributed by atoms with Crippen LogP contribution in [0.3, 0.4) is 0 Å². The van der Waals surface area contributed by atoms with Gasteiger partial charge in [-0.25, -0.2) is 0 Å². The van der Waals surface area contributed by atoms with Crippen molar-refractivity contribution in [3.63, 3.8) is 0 Å². The van der Waals surface area contributed by atoms with E-state index in [9.17, 15) is 0 Å². The molecule has 0 spiro atoms. The van der Waals surface area contributed by atoms with Crippen LogP contribution in [0.5, 0.6) is 5.75 Å². The number of nitrogens with one attached hydrogen (secondary N) is 1. The van der Waals surface area contributed by atoms with E-state index in [2.05, 4.69) is 45.2 Å². The molecule has 0 radical (unpaired) electrons. The zero-order chi connectivity index (χ0) is 14.4. The SMILES string of the molecule is COc1ccc(CNCC(C)N2CCCCC2)cc1Br. The monoisotopic (exact) mass is 340 g/mol. The van der Waals surface area contributed by atoms with E-state index in [1.807, 2.05) is 6.07 Å². The molecule has 1 fully saturated rings. The fourth-order valence-electron chi connectivity index (χ4n) is 2.73. The van der Waals surface area contributed by atoms with Crippen LogP contribution in [0, 0.1) is 0 Å². The van der Waals surface area contributed by atoms with Crippen LogP contribution in [0.25, 0.3) is 0 Å². The largest absolute Gasteiger partial charge is 0.496 e. The molecule has 1 saturated heterocycles. The fourth-order valence-corrected chi connectivity index (χ4v) is 3.32. The van der Waals surface area contributed by atoms with Crippen LogP contribution in [0.4, 0.5) is 0 Å². The standard InChI is InChI=1S/C16H25BrN2O/c1-13(19-8-4-3-5-9-19)11-18-12-14-6-7-16(20-2)15(17)10-14/h6-7,10,13,18H,3-5,8-9,11-12H2,1-2H3. The smallest absolute Gasteiger partial charge is 0.133 e. The number of hydrogen-bond donors (Lipinski definition) is 1. The molecule has 0 aromatic heterocycles. The Labute approximate surface area is 130 Å². The molecule has 0 bridgehead atoms. The second kappa shape index (κ2) is 8.01. The molecule has 1 aliphatic rings. The zero-order valence-corrected chi connectivity index (χ0v) is 14.1. The Kier molecular flexibility index (Phi) is 6.33. The summed E-state index contributed by atoms with van der Waals surface area (Å²) in [7, 11) is 1.69. The molecule has 3 nitrogen and oxygen atoms in total. The van der Waals surface area contributed by atoms with Gasteiger partial charge in [-0.05, 0) is 66.5 Å². The summed E-state index contributed by atoms with van der Waals surface area (Å²) in [5.41, 5.74) is 1.28. The molecule has 0 saturated carbocycles. The summed E-state index contributed by atoms with van der Waals surface area (Å²) in [6.07, 6.45) is 4.11. The third-order valence-electron chi connectivity index (χ3n) is 4.00. The molecule has 1 aromatic carbocycles. The predicted molar refractivity (Wildman–Crippen MR) is 87.3 cm³/mol. The maximum Gasteiger partial charge on any atom is 0.133 e. The Balaban J connectivity index is 1.76. The quantitative estimate of drug-likeness (QED) is 0.858.